The van der Waals surface area contributed by atoms with Crippen LogP contribution in [0.5, 0.6) is 0 Å². The molecule has 0 aliphatic heterocycles. The number of rotatable bonds is 13. The quantitative estimate of drug-likeness (QED) is 0.168. The molecule has 0 amide bonds. The van der Waals surface area contributed by atoms with E-state index in [2.05, 4.69) is 61.7 Å². The lowest BCUT2D eigenvalue weighted by Gasteiger charge is -2.44. The molecule has 0 aromatic carbocycles. The molecule has 2 aromatic heterocycles. The molecule has 264 valence electrons. The van der Waals surface area contributed by atoms with Crippen LogP contribution in [0, 0.1) is 22.7 Å². The first kappa shape index (κ1) is 37.3. The standard InChI is InChI=1S/C34H57N6O6P/c1-21(18-40-19-37-27-26(35)12-13-36-28(27)40)44-20-47(43,38-33(8,9)29(41)45-24-14-22(15-24)31(2,3)4)39-34(10,11)30(42)46-25-16-23(17-25)32(5,6)7/h12-13,19,21-25H,14-18,20H2,1-11H3,(H2,35,36)(H2,38,39,43)/t21-,22-,23-,24+,25+/m1/s1. The number of imidazole rings is 1. The van der Waals surface area contributed by atoms with Gasteiger partial charge in [-0.05, 0) is 89.0 Å². The topological polar surface area (TPSA) is 160 Å². The number of nitrogens with two attached hydrogens (primary N) is 1. The number of nitrogens with one attached hydrogen (secondary N) is 2. The van der Waals surface area contributed by atoms with Gasteiger partial charge in [-0.1, -0.05) is 41.5 Å². The Hall–Kier alpha value is -2.53. The molecular weight excluding hydrogens is 619 g/mol. The number of ether oxygens (including phenoxy) is 3. The Morgan fingerprint density at radius 3 is 1.81 bits per heavy atom. The molecule has 4 N–H and O–H groups in total. The summed E-state index contributed by atoms with van der Waals surface area (Å²) in [4.78, 5) is 35.6. The van der Waals surface area contributed by atoms with Crippen LogP contribution in [0.3, 0.4) is 0 Å². The molecule has 2 fully saturated rings. The number of hydrogen-bond acceptors (Lipinski definition) is 9. The number of fused-ring (bicyclic) bond motifs is 1. The van der Waals surface area contributed by atoms with Crippen LogP contribution in [0.2, 0.25) is 0 Å². The minimum Gasteiger partial charge on any atom is -0.461 e. The Morgan fingerprint density at radius 1 is 0.894 bits per heavy atom. The predicted molar refractivity (Wildman–Crippen MR) is 184 cm³/mol. The molecule has 13 heteroatoms. The normalized spacial score (nSPS) is 23.1. The van der Waals surface area contributed by atoms with Crippen molar-refractivity contribution in [3.63, 3.8) is 0 Å². The maximum Gasteiger partial charge on any atom is 0.326 e. The molecule has 47 heavy (non-hydrogen) atoms. The first-order chi connectivity index (χ1) is 21.5. The second-order valence-corrected chi connectivity index (χ2v) is 19.1. The first-order valence-corrected chi connectivity index (χ1v) is 18.7. The second-order valence-electron chi connectivity index (χ2n) is 16.9. The zero-order valence-corrected chi connectivity index (χ0v) is 31.1. The predicted octanol–water partition coefficient (Wildman–Crippen LogP) is 6.04. The molecule has 0 bridgehead atoms. The smallest absolute Gasteiger partial charge is 0.326 e. The van der Waals surface area contributed by atoms with Gasteiger partial charge in [0.1, 0.15) is 35.2 Å². The van der Waals surface area contributed by atoms with Gasteiger partial charge >= 0.3 is 11.9 Å². The van der Waals surface area contributed by atoms with Crippen molar-refractivity contribution in [3.8, 4) is 0 Å². The van der Waals surface area contributed by atoms with Crippen molar-refractivity contribution < 1.29 is 28.4 Å². The third kappa shape index (κ3) is 9.13. The fraction of sp³-hybridized carbons (Fsp3) is 0.765. The molecule has 2 aliphatic carbocycles. The molecule has 2 heterocycles. The van der Waals surface area contributed by atoms with E-state index in [4.69, 9.17) is 19.9 Å². The highest BCUT2D eigenvalue weighted by atomic mass is 31.2. The number of carbonyl (C=O) groups excluding carboxylic acids is 2. The van der Waals surface area contributed by atoms with Crippen LogP contribution >= 0.6 is 7.44 Å². The van der Waals surface area contributed by atoms with Crippen LogP contribution in [0.1, 0.15) is 102 Å². The third-order valence-electron chi connectivity index (χ3n) is 9.66. The van der Waals surface area contributed by atoms with E-state index in [-0.39, 0.29) is 29.4 Å². The highest BCUT2D eigenvalue weighted by Gasteiger charge is 2.47. The van der Waals surface area contributed by atoms with Crippen molar-refractivity contribution in [2.45, 2.75) is 138 Å². The van der Waals surface area contributed by atoms with Crippen LogP contribution < -0.4 is 15.9 Å². The number of nitrogens with zero attached hydrogens (tertiary/aromatic N) is 3. The van der Waals surface area contributed by atoms with E-state index in [0.717, 1.165) is 25.7 Å². The summed E-state index contributed by atoms with van der Waals surface area (Å²) in [5, 5.41) is 6.05. The second kappa shape index (κ2) is 13.4. The molecule has 4 rings (SSSR count). The van der Waals surface area contributed by atoms with Crippen molar-refractivity contribution in [2.75, 3.05) is 12.1 Å². The Bertz CT molecular complexity index is 1420. The lowest BCUT2D eigenvalue weighted by atomic mass is 9.67. The average Bonchev–Trinajstić information content (AvgIpc) is 3.28. The van der Waals surface area contributed by atoms with Gasteiger partial charge in [0.15, 0.2) is 5.65 Å². The Kier molecular flexibility index (Phi) is 10.6. The summed E-state index contributed by atoms with van der Waals surface area (Å²) in [5.41, 5.74) is 5.36. The van der Waals surface area contributed by atoms with Gasteiger partial charge in [0.25, 0.3) is 0 Å². The molecule has 12 nitrogen and oxygen atoms in total. The van der Waals surface area contributed by atoms with Gasteiger partial charge in [0.2, 0.25) is 7.44 Å². The molecule has 2 saturated carbocycles. The molecule has 0 saturated heterocycles. The zero-order valence-electron chi connectivity index (χ0n) is 30.2. The lowest BCUT2D eigenvalue weighted by Crippen LogP contribution is -2.55. The monoisotopic (exact) mass is 676 g/mol. The summed E-state index contributed by atoms with van der Waals surface area (Å²) in [7, 11) is -3.80. The summed E-state index contributed by atoms with van der Waals surface area (Å²) in [6, 6.07) is 1.69. The van der Waals surface area contributed by atoms with Gasteiger partial charge in [-0.2, -0.15) is 0 Å². The number of nitrogen functional groups attached to an aromatic ring is 1. The first-order valence-electron chi connectivity index (χ1n) is 16.8. The van der Waals surface area contributed by atoms with Crippen molar-refractivity contribution in [3.05, 3.63) is 18.6 Å². The fourth-order valence-corrected chi connectivity index (χ4v) is 8.74. The number of aromatic nitrogens is 3. The largest absolute Gasteiger partial charge is 0.461 e. The summed E-state index contributed by atoms with van der Waals surface area (Å²) in [6.07, 6.45) is 5.31. The van der Waals surface area contributed by atoms with Crippen LogP contribution in [0.25, 0.3) is 11.2 Å². The number of esters is 2. The summed E-state index contributed by atoms with van der Waals surface area (Å²) < 4.78 is 34.4. The molecule has 0 unspecified atom stereocenters. The van der Waals surface area contributed by atoms with Crippen LogP contribution in [-0.2, 0) is 34.9 Å². The Morgan fingerprint density at radius 2 is 1.36 bits per heavy atom. The highest BCUT2D eigenvalue weighted by molar-refractivity contribution is 7.59. The van der Waals surface area contributed by atoms with Gasteiger partial charge in [-0.15, -0.1) is 0 Å². The van der Waals surface area contributed by atoms with Gasteiger partial charge in [0.05, 0.1) is 24.7 Å². The van der Waals surface area contributed by atoms with E-state index in [1.165, 1.54) is 0 Å². The van der Waals surface area contributed by atoms with Crippen LogP contribution in [-0.4, -0.2) is 62.2 Å². The Balaban J connectivity index is 1.45. The van der Waals surface area contributed by atoms with Crippen molar-refractivity contribution in [2.24, 2.45) is 22.7 Å². The van der Waals surface area contributed by atoms with E-state index in [9.17, 15) is 14.2 Å². The zero-order chi connectivity index (χ0) is 35.2. The fourth-order valence-electron chi connectivity index (χ4n) is 6.10. The van der Waals surface area contributed by atoms with Crippen molar-refractivity contribution in [1.29, 1.82) is 0 Å². The van der Waals surface area contributed by atoms with E-state index in [0.29, 0.717) is 35.2 Å². The summed E-state index contributed by atoms with van der Waals surface area (Å²) in [6.45, 7) is 21.8. The lowest BCUT2D eigenvalue weighted by molar-refractivity contribution is -0.164. The van der Waals surface area contributed by atoms with E-state index >= 15 is 0 Å². The SMILES string of the molecule is C[C@H](Cn1cnc2c(N)ccnc21)OCP(=O)(NC(C)(C)C(=O)O[C@H]1C[C@@H](C(C)(C)C)C1)NC(C)(C)C(=O)O[C@H]1C[C@@H](C(C)(C)C)C1. The number of carbonyl (C=O) groups is 2. The van der Waals surface area contributed by atoms with Gasteiger partial charge < -0.3 is 24.5 Å². The maximum atomic E-state index is 14.7. The number of anilines is 1. The Labute approximate surface area is 280 Å². The highest BCUT2D eigenvalue weighted by Crippen LogP contribution is 2.46. The minimum absolute atomic E-state index is 0.142. The van der Waals surface area contributed by atoms with Crippen LogP contribution in [0.15, 0.2) is 18.6 Å². The molecule has 0 spiro atoms. The van der Waals surface area contributed by atoms with Gasteiger partial charge in [0, 0.05) is 6.20 Å². The number of hydrogen-bond donors (Lipinski definition) is 3. The molecule has 2 aliphatic rings. The van der Waals surface area contributed by atoms with Gasteiger partial charge in [-0.25, -0.2) is 20.1 Å². The van der Waals surface area contributed by atoms with Crippen molar-refractivity contribution in [1.82, 2.24) is 24.7 Å². The average molecular weight is 677 g/mol. The third-order valence-corrected chi connectivity index (χ3v) is 12.0. The van der Waals surface area contributed by atoms with Crippen LogP contribution in [0.4, 0.5) is 5.69 Å². The minimum atomic E-state index is -3.80. The number of pyridine rings is 1. The molecule has 0 radical (unpaired) electrons. The summed E-state index contributed by atoms with van der Waals surface area (Å²) >= 11 is 0. The molecule has 1 atom stereocenters. The van der Waals surface area contributed by atoms with E-state index in [1.807, 2.05) is 11.5 Å². The van der Waals surface area contributed by atoms with Crippen molar-refractivity contribution >= 4 is 36.2 Å². The van der Waals surface area contributed by atoms with E-state index in [1.54, 1.807) is 46.3 Å². The maximum absolute atomic E-state index is 14.7. The molecular formula is C34H57N6O6P. The van der Waals surface area contributed by atoms with E-state index < -0.39 is 36.6 Å². The molecule has 2 aromatic rings. The van der Waals surface area contributed by atoms with Gasteiger partial charge in [-0.3, -0.25) is 14.2 Å². The summed E-state index contributed by atoms with van der Waals surface area (Å²) in [5.74, 6) is -0.0815.